The number of nitrogens with zero attached hydrogens (tertiary/aromatic N) is 1. The van der Waals surface area contributed by atoms with E-state index in [4.69, 9.17) is 16.3 Å². The molecular weight excluding hydrogens is 328 g/mol. The van der Waals surface area contributed by atoms with Gasteiger partial charge in [0.15, 0.2) is 0 Å². The lowest BCUT2D eigenvalue weighted by Gasteiger charge is -2.35. The monoisotopic (exact) mass is 352 g/mol. The average molecular weight is 353 g/mol. The summed E-state index contributed by atoms with van der Waals surface area (Å²) < 4.78 is 5.46. The van der Waals surface area contributed by atoms with Crippen LogP contribution in [0.1, 0.15) is 18.5 Å². The molecule has 24 heavy (non-hydrogen) atoms. The summed E-state index contributed by atoms with van der Waals surface area (Å²) >= 11 is 6.17. The number of carbonyl (C=O) groups is 1. The molecule has 1 aromatic carbocycles. The lowest BCUT2D eigenvalue weighted by molar-refractivity contribution is -0.125. The van der Waals surface area contributed by atoms with Crippen molar-refractivity contribution in [3.63, 3.8) is 0 Å². The van der Waals surface area contributed by atoms with Gasteiger partial charge in [-0.25, -0.2) is 0 Å². The summed E-state index contributed by atoms with van der Waals surface area (Å²) in [6.45, 7) is 6.40. The Morgan fingerprint density at radius 1 is 1.46 bits per heavy atom. The minimum atomic E-state index is -0.0466. The number of halogens is 1. The third-order valence-corrected chi connectivity index (χ3v) is 5.02. The molecule has 7 heteroatoms. The van der Waals surface area contributed by atoms with Crippen LogP contribution in [0.3, 0.4) is 0 Å². The Morgan fingerprint density at radius 2 is 2.25 bits per heavy atom. The molecule has 0 saturated carbocycles. The molecule has 3 N–H and O–H groups in total. The third-order valence-electron chi connectivity index (χ3n) is 4.78. The number of morpholine rings is 1. The van der Waals surface area contributed by atoms with Crippen LogP contribution in [0, 0.1) is 5.92 Å². The molecule has 3 atom stereocenters. The van der Waals surface area contributed by atoms with Crippen LogP contribution in [0.25, 0.3) is 0 Å². The van der Waals surface area contributed by atoms with E-state index in [1.165, 1.54) is 0 Å². The Morgan fingerprint density at radius 3 is 2.92 bits per heavy atom. The number of hydrazine groups is 1. The molecule has 6 nitrogen and oxygen atoms in total. The van der Waals surface area contributed by atoms with Gasteiger partial charge in [0.2, 0.25) is 5.91 Å². The Kier molecular flexibility index (Phi) is 6.08. The van der Waals surface area contributed by atoms with Crippen LogP contribution in [0.15, 0.2) is 24.3 Å². The number of rotatable bonds is 5. The minimum Gasteiger partial charge on any atom is -0.379 e. The van der Waals surface area contributed by atoms with Crippen molar-refractivity contribution in [2.75, 3.05) is 39.4 Å². The van der Waals surface area contributed by atoms with E-state index in [1.807, 2.05) is 25.1 Å². The van der Waals surface area contributed by atoms with Crippen LogP contribution >= 0.6 is 11.6 Å². The fourth-order valence-corrected chi connectivity index (χ4v) is 3.51. The van der Waals surface area contributed by atoms with Crippen LogP contribution in [0.4, 0.5) is 0 Å². The van der Waals surface area contributed by atoms with E-state index >= 15 is 0 Å². The number of amides is 1. The van der Waals surface area contributed by atoms with Crippen LogP contribution in [-0.2, 0) is 9.53 Å². The molecule has 0 aliphatic carbocycles. The van der Waals surface area contributed by atoms with Crippen molar-refractivity contribution in [2.24, 2.45) is 5.92 Å². The molecule has 2 saturated heterocycles. The second-order valence-electron chi connectivity index (χ2n) is 6.38. The van der Waals surface area contributed by atoms with Crippen molar-refractivity contribution in [2.45, 2.75) is 19.0 Å². The molecule has 3 rings (SSSR count). The number of benzene rings is 1. The molecule has 0 radical (unpaired) electrons. The first kappa shape index (κ1) is 17.6. The van der Waals surface area contributed by atoms with E-state index in [0.29, 0.717) is 13.1 Å². The fourth-order valence-electron chi connectivity index (χ4n) is 3.32. The second-order valence-corrected chi connectivity index (χ2v) is 6.82. The van der Waals surface area contributed by atoms with E-state index in [2.05, 4.69) is 27.1 Å². The fraction of sp³-hybridized carbons (Fsp3) is 0.588. The zero-order valence-corrected chi connectivity index (χ0v) is 14.7. The Bertz CT molecular complexity index is 565. The van der Waals surface area contributed by atoms with Crippen molar-refractivity contribution < 1.29 is 9.53 Å². The molecule has 132 valence electrons. The quantitative estimate of drug-likeness (QED) is 0.736. The van der Waals surface area contributed by atoms with E-state index in [-0.39, 0.29) is 23.9 Å². The third kappa shape index (κ3) is 4.26. The number of carbonyl (C=O) groups excluding carboxylic acids is 1. The van der Waals surface area contributed by atoms with Gasteiger partial charge in [0.25, 0.3) is 0 Å². The molecule has 2 fully saturated rings. The number of hydrogen-bond donors (Lipinski definition) is 3. The van der Waals surface area contributed by atoms with E-state index in [1.54, 1.807) is 0 Å². The Labute approximate surface area is 147 Å². The van der Waals surface area contributed by atoms with Gasteiger partial charge in [-0.3, -0.25) is 20.5 Å². The van der Waals surface area contributed by atoms with Gasteiger partial charge in [-0.15, -0.1) is 0 Å². The van der Waals surface area contributed by atoms with E-state index < -0.39 is 0 Å². The van der Waals surface area contributed by atoms with Crippen LogP contribution in [0.2, 0.25) is 5.02 Å². The molecule has 2 heterocycles. The summed E-state index contributed by atoms with van der Waals surface area (Å²) in [6, 6.07) is 8.12. The topological polar surface area (TPSA) is 65.6 Å². The van der Waals surface area contributed by atoms with Crippen LogP contribution < -0.4 is 16.2 Å². The largest absolute Gasteiger partial charge is 0.379 e. The molecule has 1 amide bonds. The number of hydrogen-bond acceptors (Lipinski definition) is 5. The highest BCUT2D eigenvalue weighted by molar-refractivity contribution is 6.30. The predicted octanol–water partition coefficient (Wildman–Crippen LogP) is 0.942. The van der Waals surface area contributed by atoms with Gasteiger partial charge in [-0.2, -0.15) is 0 Å². The summed E-state index contributed by atoms with van der Waals surface area (Å²) in [5.41, 5.74) is 7.25. The molecule has 1 aromatic rings. The van der Waals surface area contributed by atoms with Crippen molar-refractivity contribution >= 4 is 17.5 Å². The zero-order chi connectivity index (χ0) is 16.9. The maximum atomic E-state index is 12.5. The molecule has 0 bridgehead atoms. The number of nitrogens with one attached hydrogen (secondary N) is 3. The summed E-state index contributed by atoms with van der Waals surface area (Å²) in [5.74, 6) is 0.0370. The highest BCUT2D eigenvalue weighted by Crippen LogP contribution is 2.24. The normalized spacial score (nSPS) is 26.2. The van der Waals surface area contributed by atoms with Crippen molar-refractivity contribution in [3.8, 4) is 0 Å². The maximum absolute atomic E-state index is 12.5. The minimum absolute atomic E-state index is 0.0466. The Balaban J connectivity index is 1.68. The van der Waals surface area contributed by atoms with Crippen LogP contribution in [-0.4, -0.2) is 56.2 Å². The lowest BCUT2D eigenvalue weighted by Crippen LogP contribution is -2.46. The molecule has 3 unspecified atom stereocenters. The van der Waals surface area contributed by atoms with Gasteiger partial charge in [0.05, 0.1) is 25.2 Å². The SMILES string of the molecule is CC1NNCC1C(=O)NCC(c1cccc(Cl)c1)N1CCOCC1. The lowest BCUT2D eigenvalue weighted by atomic mass is 10.0. The summed E-state index contributed by atoms with van der Waals surface area (Å²) in [6.07, 6.45) is 0. The van der Waals surface area contributed by atoms with Gasteiger partial charge >= 0.3 is 0 Å². The maximum Gasteiger partial charge on any atom is 0.226 e. The van der Waals surface area contributed by atoms with Gasteiger partial charge in [-0.05, 0) is 24.6 Å². The van der Waals surface area contributed by atoms with Crippen molar-refractivity contribution in [1.29, 1.82) is 0 Å². The predicted molar refractivity (Wildman–Crippen MR) is 93.7 cm³/mol. The summed E-state index contributed by atoms with van der Waals surface area (Å²) in [7, 11) is 0. The highest BCUT2D eigenvalue weighted by Gasteiger charge is 2.30. The van der Waals surface area contributed by atoms with E-state index in [0.717, 1.165) is 36.9 Å². The van der Waals surface area contributed by atoms with Crippen molar-refractivity contribution in [3.05, 3.63) is 34.9 Å². The Hall–Kier alpha value is -1.18. The molecule has 0 spiro atoms. The molecule has 2 aliphatic rings. The second kappa shape index (κ2) is 8.27. The summed E-state index contributed by atoms with van der Waals surface area (Å²) in [4.78, 5) is 14.8. The number of ether oxygens (including phenoxy) is 1. The van der Waals surface area contributed by atoms with Gasteiger partial charge in [0.1, 0.15) is 0 Å². The zero-order valence-electron chi connectivity index (χ0n) is 13.9. The molecular formula is C17H25ClN4O2. The summed E-state index contributed by atoms with van der Waals surface area (Å²) in [5, 5.41) is 3.84. The van der Waals surface area contributed by atoms with Gasteiger partial charge in [0, 0.05) is 37.2 Å². The smallest absolute Gasteiger partial charge is 0.226 e. The van der Waals surface area contributed by atoms with Crippen molar-refractivity contribution in [1.82, 2.24) is 21.1 Å². The highest BCUT2D eigenvalue weighted by atomic mass is 35.5. The standard InChI is InChI=1S/C17H25ClN4O2/c1-12-15(10-20-21-12)17(23)19-11-16(22-5-7-24-8-6-22)13-3-2-4-14(18)9-13/h2-4,9,12,15-16,20-21H,5-8,10-11H2,1H3,(H,19,23). The first-order chi connectivity index (χ1) is 11.6. The van der Waals surface area contributed by atoms with Gasteiger partial charge < -0.3 is 10.1 Å². The first-order valence-corrected chi connectivity index (χ1v) is 8.86. The van der Waals surface area contributed by atoms with E-state index in [9.17, 15) is 4.79 Å². The molecule has 0 aromatic heterocycles. The average Bonchev–Trinajstić information content (AvgIpc) is 3.02. The van der Waals surface area contributed by atoms with Gasteiger partial charge in [-0.1, -0.05) is 23.7 Å². The first-order valence-electron chi connectivity index (χ1n) is 8.48. The molecule has 2 aliphatic heterocycles. The van der Waals surface area contributed by atoms with Crippen LogP contribution in [0.5, 0.6) is 0 Å².